The van der Waals surface area contributed by atoms with Crippen LogP contribution in [0.3, 0.4) is 0 Å². The highest BCUT2D eigenvalue weighted by atomic mass is 127. The first-order valence-electron chi connectivity index (χ1n) is 5.80. The van der Waals surface area contributed by atoms with Crippen LogP contribution in [0.25, 0.3) is 0 Å². The molecule has 1 rings (SSSR count). The predicted molar refractivity (Wildman–Crippen MR) is 78.6 cm³/mol. The summed E-state index contributed by atoms with van der Waals surface area (Å²) in [6.07, 6.45) is 1.12. The van der Waals surface area contributed by atoms with Gasteiger partial charge in [0.15, 0.2) is 5.96 Å². The summed E-state index contributed by atoms with van der Waals surface area (Å²) in [5, 5.41) is 6.53. The van der Waals surface area contributed by atoms with Gasteiger partial charge < -0.3 is 15.4 Å². The van der Waals surface area contributed by atoms with Crippen molar-refractivity contribution in [1.29, 1.82) is 0 Å². The monoisotopic (exact) mass is 341 g/mol. The van der Waals surface area contributed by atoms with E-state index in [-0.39, 0.29) is 29.4 Å². The Hall–Kier alpha value is -0.0400. The van der Waals surface area contributed by atoms with E-state index in [4.69, 9.17) is 4.74 Å². The fraction of sp³-hybridized carbons (Fsp3) is 0.909. The number of halogens is 1. The molecule has 0 aromatic heterocycles. The highest BCUT2D eigenvalue weighted by molar-refractivity contribution is 14.0. The normalized spacial score (nSPS) is 18.3. The Morgan fingerprint density at radius 1 is 1.31 bits per heavy atom. The van der Waals surface area contributed by atoms with E-state index in [1.165, 1.54) is 0 Å². The molecule has 0 aromatic rings. The molecule has 1 aliphatic heterocycles. The Balaban J connectivity index is 0.00000225. The van der Waals surface area contributed by atoms with E-state index in [9.17, 15) is 0 Å². The Morgan fingerprint density at radius 2 is 2.00 bits per heavy atom. The number of hydrogen-bond donors (Lipinski definition) is 2. The van der Waals surface area contributed by atoms with Crippen molar-refractivity contribution in [3.8, 4) is 0 Å². The van der Waals surface area contributed by atoms with E-state index in [0.717, 1.165) is 45.2 Å². The van der Waals surface area contributed by atoms with Gasteiger partial charge in [0.25, 0.3) is 0 Å². The number of guanidine groups is 1. The zero-order valence-corrected chi connectivity index (χ0v) is 12.8. The first-order chi connectivity index (χ1) is 7.20. The van der Waals surface area contributed by atoms with Crippen molar-refractivity contribution in [2.75, 3.05) is 32.8 Å². The largest absolute Gasteiger partial charge is 0.380 e. The molecule has 96 valence electrons. The second-order valence-corrected chi connectivity index (χ2v) is 4.43. The van der Waals surface area contributed by atoms with Gasteiger partial charge in [0.2, 0.25) is 0 Å². The third-order valence-electron chi connectivity index (χ3n) is 2.41. The van der Waals surface area contributed by atoms with E-state index in [2.05, 4.69) is 36.4 Å². The van der Waals surface area contributed by atoms with E-state index < -0.39 is 0 Å². The maximum absolute atomic E-state index is 5.20. The van der Waals surface area contributed by atoms with Crippen molar-refractivity contribution in [3.63, 3.8) is 0 Å². The van der Waals surface area contributed by atoms with Crippen LogP contribution >= 0.6 is 24.0 Å². The lowest BCUT2D eigenvalue weighted by molar-refractivity contribution is -0.0945. The Kier molecular flexibility index (Phi) is 8.09. The third-order valence-corrected chi connectivity index (χ3v) is 2.41. The minimum absolute atomic E-state index is 0. The topological polar surface area (TPSA) is 45.7 Å². The van der Waals surface area contributed by atoms with Crippen molar-refractivity contribution in [2.24, 2.45) is 10.4 Å². The standard InChI is InChI=1S/C11H23N3O.HI/c1-4-6-13-10(12-5-2)14-7-11(3)8-15-9-11;/h4-9H2,1-3H3,(H2,12,13,14);1H. The van der Waals surface area contributed by atoms with Gasteiger partial charge in [0, 0.05) is 18.5 Å². The molecule has 4 nitrogen and oxygen atoms in total. The predicted octanol–water partition coefficient (Wildman–Crippen LogP) is 1.61. The van der Waals surface area contributed by atoms with Crippen molar-refractivity contribution in [2.45, 2.75) is 27.2 Å². The number of nitrogens with zero attached hydrogens (tertiary/aromatic N) is 1. The van der Waals surface area contributed by atoms with Gasteiger partial charge in [-0.15, -0.1) is 24.0 Å². The molecule has 0 atom stereocenters. The molecule has 0 spiro atoms. The van der Waals surface area contributed by atoms with Gasteiger partial charge in [0.05, 0.1) is 19.8 Å². The summed E-state index contributed by atoms with van der Waals surface area (Å²) in [7, 11) is 0. The number of nitrogens with one attached hydrogen (secondary N) is 2. The van der Waals surface area contributed by atoms with Crippen LogP contribution in [0, 0.1) is 5.41 Å². The lowest BCUT2D eigenvalue weighted by Crippen LogP contribution is -2.44. The van der Waals surface area contributed by atoms with E-state index in [1.807, 2.05) is 0 Å². The average molecular weight is 341 g/mol. The number of rotatable bonds is 5. The minimum atomic E-state index is 0. The highest BCUT2D eigenvalue weighted by Gasteiger charge is 2.33. The summed E-state index contributed by atoms with van der Waals surface area (Å²) in [6, 6.07) is 0. The van der Waals surface area contributed by atoms with Gasteiger partial charge in [-0.3, -0.25) is 4.99 Å². The molecular weight excluding hydrogens is 317 g/mol. The second kappa shape index (κ2) is 8.11. The van der Waals surface area contributed by atoms with Gasteiger partial charge in [-0.2, -0.15) is 0 Å². The molecule has 16 heavy (non-hydrogen) atoms. The lowest BCUT2D eigenvalue weighted by Gasteiger charge is -2.36. The van der Waals surface area contributed by atoms with Gasteiger partial charge in [-0.1, -0.05) is 13.8 Å². The number of aliphatic imine (C=N–C) groups is 1. The van der Waals surface area contributed by atoms with Crippen LogP contribution in [0.2, 0.25) is 0 Å². The van der Waals surface area contributed by atoms with Crippen LogP contribution in [0.4, 0.5) is 0 Å². The van der Waals surface area contributed by atoms with Crippen LogP contribution < -0.4 is 10.6 Å². The molecule has 0 radical (unpaired) electrons. The maximum atomic E-state index is 5.20. The second-order valence-electron chi connectivity index (χ2n) is 4.43. The van der Waals surface area contributed by atoms with E-state index in [1.54, 1.807) is 0 Å². The number of hydrogen-bond acceptors (Lipinski definition) is 2. The van der Waals surface area contributed by atoms with Gasteiger partial charge in [-0.25, -0.2) is 0 Å². The minimum Gasteiger partial charge on any atom is -0.380 e. The molecule has 0 aromatic carbocycles. The molecule has 0 amide bonds. The Morgan fingerprint density at radius 3 is 2.44 bits per heavy atom. The smallest absolute Gasteiger partial charge is 0.191 e. The summed E-state index contributed by atoms with van der Waals surface area (Å²) < 4.78 is 5.20. The van der Waals surface area contributed by atoms with Crippen LogP contribution in [0.1, 0.15) is 27.2 Å². The summed E-state index contributed by atoms with van der Waals surface area (Å²) in [4.78, 5) is 4.56. The Labute approximate surface area is 116 Å². The van der Waals surface area contributed by atoms with Crippen molar-refractivity contribution >= 4 is 29.9 Å². The molecule has 1 heterocycles. The molecule has 2 N–H and O–H groups in total. The first-order valence-corrected chi connectivity index (χ1v) is 5.80. The molecular formula is C11H24IN3O. The SMILES string of the molecule is CCCNC(=NCC1(C)COC1)NCC.I. The lowest BCUT2D eigenvalue weighted by atomic mass is 9.89. The molecule has 0 saturated carbocycles. The zero-order chi connectivity index (χ0) is 11.1. The van der Waals surface area contributed by atoms with Crippen LogP contribution in [0.5, 0.6) is 0 Å². The summed E-state index contributed by atoms with van der Waals surface area (Å²) in [5.41, 5.74) is 0.258. The van der Waals surface area contributed by atoms with Crippen molar-refractivity contribution in [1.82, 2.24) is 10.6 Å². The maximum Gasteiger partial charge on any atom is 0.191 e. The van der Waals surface area contributed by atoms with Crippen LogP contribution in [-0.2, 0) is 4.74 Å². The molecule has 1 fully saturated rings. The zero-order valence-electron chi connectivity index (χ0n) is 10.5. The molecule has 5 heteroatoms. The fourth-order valence-electron chi connectivity index (χ4n) is 1.40. The molecule has 0 unspecified atom stereocenters. The Bertz CT molecular complexity index is 217. The van der Waals surface area contributed by atoms with Gasteiger partial charge >= 0.3 is 0 Å². The van der Waals surface area contributed by atoms with Crippen LogP contribution in [0.15, 0.2) is 4.99 Å². The van der Waals surface area contributed by atoms with E-state index >= 15 is 0 Å². The molecule has 0 aliphatic carbocycles. The average Bonchev–Trinajstić information content (AvgIpc) is 2.19. The molecule has 1 saturated heterocycles. The van der Waals surface area contributed by atoms with Crippen LogP contribution in [-0.4, -0.2) is 38.8 Å². The first kappa shape index (κ1) is 16.0. The fourth-order valence-corrected chi connectivity index (χ4v) is 1.40. The van der Waals surface area contributed by atoms with Crippen molar-refractivity contribution < 1.29 is 4.74 Å². The van der Waals surface area contributed by atoms with Crippen molar-refractivity contribution in [3.05, 3.63) is 0 Å². The molecule has 0 bridgehead atoms. The summed E-state index contributed by atoms with van der Waals surface area (Å²) in [6.45, 7) is 10.8. The van der Waals surface area contributed by atoms with E-state index in [0.29, 0.717) is 0 Å². The number of ether oxygens (including phenoxy) is 1. The highest BCUT2D eigenvalue weighted by Crippen LogP contribution is 2.26. The summed E-state index contributed by atoms with van der Waals surface area (Å²) >= 11 is 0. The van der Waals surface area contributed by atoms with Gasteiger partial charge in [0.1, 0.15) is 0 Å². The van der Waals surface area contributed by atoms with Gasteiger partial charge in [-0.05, 0) is 13.3 Å². The third kappa shape index (κ3) is 5.34. The summed E-state index contributed by atoms with van der Waals surface area (Å²) in [5.74, 6) is 0.924. The quantitative estimate of drug-likeness (QED) is 0.454. The molecule has 1 aliphatic rings.